The van der Waals surface area contributed by atoms with Crippen LogP contribution in [0.25, 0.3) is 0 Å². The molecular formula is C13H19N3O2. The van der Waals surface area contributed by atoms with Crippen molar-refractivity contribution in [1.29, 1.82) is 0 Å². The Bertz CT molecular complexity index is 405. The third-order valence-corrected chi connectivity index (χ3v) is 3.09. The Labute approximate surface area is 107 Å². The number of urea groups is 1. The van der Waals surface area contributed by atoms with Crippen molar-refractivity contribution in [2.45, 2.75) is 12.8 Å². The summed E-state index contributed by atoms with van der Waals surface area (Å²) in [6, 6.07) is 7.24. The van der Waals surface area contributed by atoms with Gasteiger partial charge in [-0.15, -0.1) is 0 Å². The van der Waals surface area contributed by atoms with E-state index >= 15 is 0 Å². The number of rotatable bonds is 2. The van der Waals surface area contributed by atoms with Gasteiger partial charge in [0.1, 0.15) is 5.75 Å². The molecule has 1 aromatic carbocycles. The molecular weight excluding hydrogens is 230 g/mol. The number of nitrogens with one attached hydrogen (secondary N) is 1. The second-order valence-electron chi connectivity index (χ2n) is 4.37. The number of methoxy groups -OCH3 is 1. The summed E-state index contributed by atoms with van der Waals surface area (Å²) in [5.74, 6) is 0.781. The molecule has 5 heteroatoms. The van der Waals surface area contributed by atoms with Crippen LogP contribution < -0.4 is 10.1 Å². The van der Waals surface area contributed by atoms with Crippen LogP contribution in [0.1, 0.15) is 12.8 Å². The average molecular weight is 249 g/mol. The summed E-state index contributed by atoms with van der Waals surface area (Å²) in [6.07, 6.45) is 2.20. The van der Waals surface area contributed by atoms with Crippen LogP contribution in [0.2, 0.25) is 0 Å². The molecule has 1 fully saturated rings. The summed E-state index contributed by atoms with van der Waals surface area (Å²) < 4.78 is 5.08. The van der Waals surface area contributed by atoms with Gasteiger partial charge in [-0.25, -0.2) is 9.80 Å². The number of hydrogen-bond acceptors (Lipinski definition) is 3. The number of carbonyl (C=O) groups excluding carboxylic acids is 1. The van der Waals surface area contributed by atoms with Crippen molar-refractivity contribution in [2.24, 2.45) is 0 Å². The molecule has 1 aliphatic rings. The second kappa shape index (κ2) is 5.73. The number of amides is 2. The molecule has 0 unspecified atom stereocenters. The molecule has 2 amide bonds. The molecule has 18 heavy (non-hydrogen) atoms. The lowest BCUT2D eigenvalue weighted by Gasteiger charge is -2.35. The van der Waals surface area contributed by atoms with Crippen molar-refractivity contribution >= 4 is 11.7 Å². The predicted octanol–water partition coefficient (Wildman–Crippen LogP) is 2.17. The van der Waals surface area contributed by atoms with E-state index < -0.39 is 0 Å². The fraction of sp³-hybridized carbons (Fsp3) is 0.462. The first-order chi connectivity index (χ1) is 8.70. The van der Waals surface area contributed by atoms with E-state index in [9.17, 15) is 4.79 Å². The zero-order valence-corrected chi connectivity index (χ0v) is 10.8. The van der Waals surface area contributed by atoms with Gasteiger partial charge in [0, 0.05) is 25.8 Å². The molecule has 1 aliphatic heterocycles. The third-order valence-electron chi connectivity index (χ3n) is 3.09. The van der Waals surface area contributed by atoms with Crippen LogP contribution in [0.3, 0.4) is 0 Å². The maximum absolute atomic E-state index is 12.1. The molecule has 0 bridgehead atoms. The van der Waals surface area contributed by atoms with Crippen LogP contribution >= 0.6 is 0 Å². The molecule has 98 valence electrons. The lowest BCUT2D eigenvalue weighted by Crippen LogP contribution is -2.49. The standard InChI is InChI=1S/C13H19N3O2/c1-15-9-3-4-10-16(15)13(17)14-11-5-7-12(18-2)8-6-11/h5-8H,3-4,9-10H2,1-2H3,(H,14,17). The lowest BCUT2D eigenvalue weighted by atomic mass is 10.2. The molecule has 0 atom stereocenters. The lowest BCUT2D eigenvalue weighted by molar-refractivity contribution is 0.0191. The van der Waals surface area contributed by atoms with Crippen molar-refractivity contribution in [2.75, 3.05) is 32.6 Å². The van der Waals surface area contributed by atoms with E-state index in [4.69, 9.17) is 4.74 Å². The Hall–Kier alpha value is -1.75. The first-order valence-corrected chi connectivity index (χ1v) is 6.14. The van der Waals surface area contributed by atoms with Crippen LogP contribution in [-0.2, 0) is 0 Å². The smallest absolute Gasteiger partial charge is 0.336 e. The molecule has 2 rings (SSSR count). The second-order valence-corrected chi connectivity index (χ2v) is 4.37. The van der Waals surface area contributed by atoms with Crippen LogP contribution in [0.15, 0.2) is 24.3 Å². The molecule has 0 aliphatic carbocycles. The highest BCUT2D eigenvalue weighted by molar-refractivity contribution is 5.89. The highest BCUT2D eigenvalue weighted by Crippen LogP contribution is 2.16. The largest absolute Gasteiger partial charge is 0.497 e. The zero-order valence-electron chi connectivity index (χ0n) is 10.8. The summed E-state index contributed by atoms with van der Waals surface area (Å²) in [5.41, 5.74) is 0.778. The first kappa shape index (κ1) is 12.7. The Morgan fingerprint density at radius 3 is 2.50 bits per heavy atom. The van der Waals surface area contributed by atoms with Crippen LogP contribution in [0.5, 0.6) is 5.75 Å². The zero-order chi connectivity index (χ0) is 13.0. The summed E-state index contributed by atoms with van der Waals surface area (Å²) in [6.45, 7) is 1.70. The van der Waals surface area contributed by atoms with E-state index in [1.807, 2.05) is 36.3 Å². The number of hydrogen-bond donors (Lipinski definition) is 1. The van der Waals surface area contributed by atoms with Crippen molar-refractivity contribution in [3.63, 3.8) is 0 Å². The van der Waals surface area contributed by atoms with Crippen molar-refractivity contribution < 1.29 is 9.53 Å². The van der Waals surface area contributed by atoms with Gasteiger partial charge in [-0.05, 0) is 37.1 Å². The van der Waals surface area contributed by atoms with Gasteiger partial charge in [0.2, 0.25) is 0 Å². The molecule has 0 spiro atoms. The van der Waals surface area contributed by atoms with Gasteiger partial charge in [-0.3, -0.25) is 5.01 Å². The third kappa shape index (κ3) is 2.92. The van der Waals surface area contributed by atoms with E-state index in [1.54, 1.807) is 12.1 Å². The molecule has 1 heterocycles. The maximum atomic E-state index is 12.1. The summed E-state index contributed by atoms with van der Waals surface area (Å²) in [7, 11) is 3.56. The Morgan fingerprint density at radius 1 is 1.22 bits per heavy atom. The van der Waals surface area contributed by atoms with Crippen molar-refractivity contribution in [3.8, 4) is 5.75 Å². The molecule has 5 nitrogen and oxygen atoms in total. The van der Waals surface area contributed by atoms with E-state index in [2.05, 4.69) is 5.32 Å². The van der Waals surface area contributed by atoms with Gasteiger partial charge in [-0.1, -0.05) is 0 Å². The summed E-state index contributed by atoms with van der Waals surface area (Å²) >= 11 is 0. The Balaban J connectivity index is 1.97. The number of benzene rings is 1. The first-order valence-electron chi connectivity index (χ1n) is 6.14. The van der Waals surface area contributed by atoms with Gasteiger partial charge in [0.25, 0.3) is 0 Å². The van der Waals surface area contributed by atoms with E-state index in [0.717, 1.165) is 37.4 Å². The molecule has 1 aromatic rings. The van der Waals surface area contributed by atoms with Crippen LogP contribution in [-0.4, -0.2) is 43.3 Å². The van der Waals surface area contributed by atoms with E-state index in [0.29, 0.717) is 0 Å². The number of anilines is 1. The molecule has 1 saturated heterocycles. The number of ether oxygens (including phenoxy) is 1. The summed E-state index contributed by atoms with van der Waals surface area (Å²) in [4.78, 5) is 12.1. The number of hydrazine groups is 1. The topological polar surface area (TPSA) is 44.8 Å². The van der Waals surface area contributed by atoms with Gasteiger partial charge in [0.15, 0.2) is 0 Å². The monoisotopic (exact) mass is 249 g/mol. The van der Waals surface area contributed by atoms with Crippen LogP contribution in [0.4, 0.5) is 10.5 Å². The highest BCUT2D eigenvalue weighted by Gasteiger charge is 2.21. The molecule has 0 radical (unpaired) electrons. The van der Waals surface area contributed by atoms with Gasteiger partial charge < -0.3 is 10.1 Å². The SMILES string of the molecule is COc1ccc(NC(=O)N2CCCCN2C)cc1. The quantitative estimate of drug-likeness (QED) is 0.873. The normalized spacial score (nSPS) is 16.4. The average Bonchev–Trinajstić information content (AvgIpc) is 2.40. The molecule has 0 saturated carbocycles. The minimum absolute atomic E-state index is 0.0811. The number of nitrogens with zero attached hydrogens (tertiary/aromatic N) is 2. The molecule has 1 N–H and O–H groups in total. The fourth-order valence-corrected chi connectivity index (χ4v) is 2.01. The summed E-state index contributed by atoms with van der Waals surface area (Å²) in [5, 5.41) is 6.59. The van der Waals surface area contributed by atoms with E-state index in [1.165, 1.54) is 0 Å². The maximum Gasteiger partial charge on any atom is 0.336 e. The Morgan fingerprint density at radius 2 is 1.89 bits per heavy atom. The van der Waals surface area contributed by atoms with Gasteiger partial charge in [-0.2, -0.15) is 0 Å². The van der Waals surface area contributed by atoms with Crippen LogP contribution in [0, 0.1) is 0 Å². The minimum atomic E-state index is -0.0811. The van der Waals surface area contributed by atoms with Gasteiger partial charge in [0.05, 0.1) is 7.11 Å². The van der Waals surface area contributed by atoms with Crippen molar-refractivity contribution in [1.82, 2.24) is 10.0 Å². The minimum Gasteiger partial charge on any atom is -0.497 e. The van der Waals surface area contributed by atoms with Gasteiger partial charge >= 0.3 is 6.03 Å². The Kier molecular flexibility index (Phi) is 4.04. The fourth-order valence-electron chi connectivity index (χ4n) is 2.01. The number of carbonyl (C=O) groups is 1. The highest BCUT2D eigenvalue weighted by atomic mass is 16.5. The van der Waals surface area contributed by atoms with Crippen molar-refractivity contribution in [3.05, 3.63) is 24.3 Å². The van der Waals surface area contributed by atoms with E-state index in [-0.39, 0.29) is 6.03 Å². The predicted molar refractivity (Wildman–Crippen MR) is 70.6 cm³/mol. The molecule has 0 aromatic heterocycles.